The highest BCUT2D eigenvalue weighted by molar-refractivity contribution is 7.80. The van der Waals surface area contributed by atoms with Gasteiger partial charge in [0.15, 0.2) is 16.6 Å². The summed E-state index contributed by atoms with van der Waals surface area (Å²) >= 11 is 5.38. The van der Waals surface area contributed by atoms with Gasteiger partial charge in [0.25, 0.3) is 5.91 Å². The average molecular weight is 475 g/mol. The first-order valence-corrected chi connectivity index (χ1v) is 11.4. The Morgan fingerprint density at radius 2 is 1.85 bits per heavy atom. The Kier molecular flexibility index (Phi) is 7.39. The fourth-order valence-electron chi connectivity index (χ4n) is 3.69. The van der Waals surface area contributed by atoms with Crippen LogP contribution < -0.4 is 25.4 Å². The van der Waals surface area contributed by atoms with E-state index in [0.717, 1.165) is 11.1 Å². The van der Waals surface area contributed by atoms with Gasteiger partial charge in [-0.15, -0.1) is 0 Å². The number of pyridine rings is 1. The van der Waals surface area contributed by atoms with Gasteiger partial charge in [-0.05, 0) is 61.5 Å². The smallest absolute Gasteiger partial charge is 0.256 e. The van der Waals surface area contributed by atoms with Gasteiger partial charge in [-0.2, -0.15) is 0 Å². The van der Waals surface area contributed by atoms with Gasteiger partial charge in [0.05, 0.1) is 18.2 Å². The summed E-state index contributed by atoms with van der Waals surface area (Å²) in [6.45, 7) is 4.65. The summed E-state index contributed by atoms with van der Waals surface area (Å²) in [6.07, 6.45) is 1.63. The van der Waals surface area contributed by atoms with Crippen LogP contribution in [-0.4, -0.2) is 22.6 Å². The van der Waals surface area contributed by atoms with Gasteiger partial charge in [0.1, 0.15) is 12.4 Å². The molecule has 2 aromatic carbocycles. The van der Waals surface area contributed by atoms with E-state index >= 15 is 0 Å². The monoisotopic (exact) mass is 474 g/mol. The normalized spacial score (nSPS) is 15.2. The van der Waals surface area contributed by atoms with E-state index < -0.39 is 6.04 Å². The molecular weight excluding hydrogens is 448 g/mol. The van der Waals surface area contributed by atoms with Crippen molar-refractivity contribution in [2.45, 2.75) is 26.5 Å². The Bertz CT molecular complexity index is 1200. The lowest BCUT2D eigenvalue weighted by Gasteiger charge is -2.30. The number of amides is 1. The second kappa shape index (κ2) is 10.8. The molecule has 1 aromatic heterocycles. The summed E-state index contributed by atoms with van der Waals surface area (Å²) in [6, 6.07) is 20.5. The van der Waals surface area contributed by atoms with Gasteiger partial charge in [-0.3, -0.25) is 4.79 Å². The molecule has 1 aliphatic heterocycles. The van der Waals surface area contributed by atoms with E-state index in [2.05, 4.69) is 20.9 Å². The number of carbonyl (C=O) groups excluding carboxylic acids is 1. The molecule has 3 N–H and O–H groups in total. The van der Waals surface area contributed by atoms with E-state index in [1.54, 1.807) is 18.3 Å². The van der Waals surface area contributed by atoms with Crippen molar-refractivity contribution in [3.63, 3.8) is 0 Å². The van der Waals surface area contributed by atoms with Gasteiger partial charge in [-0.25, -0.2) is 4.98 Å². The van der Waals surface area contributed by atoms with Crippen molar-refractivity contribution in [3.05, 3.63) is 95.3 Å². The average Bonchev–Trinajstić information content (AvgIpc) is 2.84. The zero-order chi connectivity index (χ0) is 23.9. The molecule has 1 aliphatic rings. The van der Waals surface area contributed by atoms with Crippen molar-refractivity contribution in [1.29, 1.82) is 0 Å². The van der Waals surface area contributed by atoms with Crippen LogP contribution in [0.2, 0.25) is 0 Å². The summed E-state index contributed by atoms with van der Waals surface area (Å²) in [5.74, 6) is 1.43. The number of anilines is 1. The third-order valence-corrected chi connectivity index (χ3v) is 5.48. The number of carbonyl (C=O) groups is 1. The predicted octanol–water partition coefficient (Wildman–Crippen LogP) is 4.49. The number of thiocarbonyl (C=S) groups is 1. The quantitative estimate of drug-likeness (QED) is 0.415. The number of ether oxygens (including phenoxy) is 2. The van der Waals surface area contributed by atoms with Crippen molar-refractivity contribution in [3.8, 4) is 11.5 Å². The molecule has 0 aliphatic carbocycles. The van der Waals surface area contributed by atoms with E-state index in [-0.39, 0.29) is 5.91 Å². The molecular formula is C26H26N4O3S. The molecule has 8 heteroatoms. The van der Waals surface area contributed by atoms with E-state index in [4.69, 9.17) is 21.7 Å². The number of allylic oxidation sites excluding steroid dienone is 1. The van der Waals surface area contributed by atoms with Crippen LogP contribution in [0.3, 0.4) is 0 Å². The molecule has 1 amide bonds. The van der Waals surface area contributed by atoms with Crippen LogP contribution in [-0.2, 0) is 11.4 Å². The number of nitrogens with zero attached hydrogens (tertiary/aromatic N) is 1. The number of benzene rings is 2. The zero-order valence-corrected chi connectivity index (χ0v) is 19.8. The molecule has 34 heavy (non-hydrogen) atoms. The Balaban J connectivity index is 1.62. The first kappa shape index (κ1) is 23.3. The molecule has 0 unspecified atom stereocenters. The SMILES string of the molecule is CCOc1cc([C@H]2NC(=S)NC(C)=C2C(=O)Nc2ccccn2)ccc1OCc1ccccc1. The van der Waals surface area contributed by atoms with Crippen LogP contribution >= 0.6 is 12.2 Å². The molecule has 0 radical (unpaired) electrons. The highest BCUT2D eigenvalue weighted by atomic mass is 32.1. The van der Waals surface area contributed by atoms with Crippen molar-refractivity contribution in [2.75, 3.05) is 11.9 Å². The van der Waals surface area contributed by atoms with Crippen LogP contribution in [0.4, 0.5) is 5.82 Å². The standard InChI is InChI=1S/C26H26N4O3S/c1-3-32-21-15-19(12-13-20(21)33-16-18-9-5-4-6-10-18)24-23(17(2)28-26(34)30-24)25(31)29-22-11-7-8-14-27-22/h4-15,24H,3,16H2,1-2H3,(H,27,29,31)(H2,28,30,34)/t24-/m1/s1. The maximum Gasteiger partial charge on any atom is 0.256 e. The fraction of sp³-hybridized carbons (Fsp3) is 0.192. The molecule has 174 valence electrons. The van der Waals surface area contributed by atoms with Crippen molar-refractivity contribution >= 4 is 29.1 Å². The topological polar surface area (TPSA) is 84.5 Å². The van der Waals surface area contributed by atoms with Crippen LogP contribution in [0, 0.1) is 0 Å². The minimum absolute atomic E-state index is 0.272. The lowest BCUT2D eigenvalue weighted by molar-refractivity contribution is -0.113. The summed E-state index contributed by atoms with van der Waals surface area (Å²) < 4.78 is 11.9. The first-order valence-electron chi connectivity index (χ1n) is 11.0. The summed E-state index contributed by atoms with van der Waals surface area (Å²) in [4.78, 5) is 17.4. The maximum absolute atomic E-state index is 13.2. The summed E-state index contributed by atoms with van der Waals surface area (Å²) in [7, 11) is 0. The Morgan fingerprint density at radius 3 is 2.59 bits per heavy atom. The first-order chi connectivity index (χ1) is 16.5. The van der Waals surface area contributed by atoms with E-state index in [0.29, 0.717) is 46.9 Å². The highest BCUT2D eigenvalue weighted by Crippen LogP contribution is 2.35. The number of hydrogen-bond donors (Lipinski definition) is 3. The minimum Gasteiger partial charge on any atom is -0.490 e. The van der Waals surface area contributed by atoms with Crippen molar-refractivity contribution in [2.24, 2.45) is 0 Å². The predicted molar refractivity (Wildman–Crippen MR) is 136 cm³/mol. The van der Waals surface area contributed by atoms with Gasteiger partial charge in [-0.1, -0.05) is 42.5 Å². The number of aromatic nitrogens is 1. The molecule has 7 nitrogen and oxygen atoms in total. The Hall–Kier alpha value is -3.91. The molecule has 0 saturated heterocycles. The van der Waals surface area contributed by atoms with Crippen molar-refractivity contribution < 1.29 is 14.3 Å². The second-order valence-electron chi connectivity index (χ2n) is 7.65. The third-order valence-electron chi connectivity index (χ3n) is 5.26. The second-order valence-corrected chi connectivity index (χ2v) is 8.06. The van der Waals surface area contributed by atoms with Crippen LogP contribution in [0.25, 0.3) is 0 Å². The fourth-order valence-corrected chi connectivity index (χ4v) is 3.96. The molecule has 0 saturated carbocycles. The Morgan fingerprint density at radius 1 is 1.06 bits per heavy atom. The molecule has 0 bridgehead atoms. The Labute approximate surface area is 204 Å². The van der Waals surface area contributed by atoms with E-state index in [1.165, 1.54) is 0 Å². The largest absolute Gasteiger partial charge is 0.490 e. The van der Waals surface area contributed by atoms with Gasteiger partial charge in [0.2, 0.25) is 0 Å². The van der Waals surface area contributed by atoms with Crippen molar-refractivity contribution in [1.82, 2.24) is 15.6 Å². The number of hydrogen-bond acceptors (Lipinski definition) is 5. The van der Waals surface area contributed by atoms with Crippen LogP contribution in [0.1, 0.15) is 31.0 Å². The van der Waals surface area contributed by atoms with Gasteiger partial charge < -0.3 is 25.4 Å². The van der Waals surface area contributed by atoms with Gasteiger partial charge >= 0.3 is 0 Å². The molecule has 3 aromatic rings. The zero-order valence-electron chi connectivity index (χ0n) is 19.0. The van der Waals surface area contributed by atoms with Crippen LogP contribution in [0.5, 0.6) is 11.5 Å². The third kappa shape index (κ3) is 5.52. The maximum atomic E-state index is 13.2. The lowest BCUT2D eigenvalue weighted by Crippen LogP contribution is -2.45. The summed E-state index contributed by atoms with van der Waals surface area (Å²) in [5.41, 5.74) is 3.07. The molecule has 4 rings (SSSR count). The molecule has 0 spiro atoms. The lowest BCUT2D eigenvalue weighted by atomic mass is 9.94. The number of rotatable bonds is 8. The van der Waals surface area contributed by atoms with E-state index in [9.17, 15) is 4.79 Å². The molecule has 2 heterocycles. The minimum atomic E-state index is -0.472. The highest BCUT2D eigenvalue weighted by Gasteiger charge is 2.30. The number of nitrogens with one attached hydrogen (secondary N) is 3. The van der Waals surface area contributed by atoms with Crippen LogP contribution in [0.15, 0.2) is 84.2 Å². The van der Waals surface area contributed by atoms with E-state index in [1.807, 2.05) is 68.4 Å². The molecule has 1 atom stereocenters. The van der Waals surface area contributed by atoms with Gasteiger partial charge in [0, 0.05) is 11.9 Å². The molecule has 0 fully saturated rings. The summed E-state index contributed by atoms with van der Waals surface area (Å²) in [5, 5.41) is 9.56.